The summed E-state index contributed by atoms with van der Waals surface area (Å²) in [5.74, 6) is 2.20. The van der Waals surface area contributed by atoms with Gasteiger partial charge in [-0.25, -0.2) is 4.98 Å². The van der Waals surface area contributed by atoms with Gasteiger partial charge < -0.3 is 15.4 Å². The second-order valence-corrected chi connectivity index (χ2v) is 8.18. The summed E-state index contributed by atoms with van der Waals surface area (Å²) in [4.78, 5) is 22.2. The molecule has 0 saturated carbocycles. The fourth-order valence-electron chi connectivity index (χ4n) is 3.93. The second-order valence-electron chi connectivity index (χ2n) is 8.18. The number of hydrogen-bond donors (Lipinski definition) is 2. The van der Waals surface area contributed by atoms with Gasteiger partial charge in [0.05, 0.1) is 17.9 Å². The maximum atomic E-state index is 12.9. The predicted octanol–water partition coefficient (Wildman–Crippen LogP) is 5.74. The Morgan fingerprint density at radius 1 is 1.03 bits per heavy atom. The Kier molecular flexibility index (Phi) is 5.89. The molecule has 3 aromatic rings. The van der Waals surface area contributed by atoms with Crippen LogP contribution in [0.1, 0.15) is 47.4 Å². The third kappa shape index (κ3) is 4.68. The third-order valence-electron chi connectivity index (χ3n) is 5.39. The Bertz CT molecular complexity index is 1110. The molecule has 2 N–H and O–H groups in total. The van der Waals surface area contributed by atoms with E-state index in [0.29, 0.717) is 30.4 Å². The molecule has 0 amide bonds. The monoisotopic (exact) mass is 416 g/mol. The zero-order chi connectivity index (χ0) is 22.0. The van der Waals surface area contributed by atoms with Gasteiger partial charge in [0, 0.05) is 17.8 Å². The second kappa shape index (κ2) is 8.76. The van der Waals surface area contributed by atoms with Gasteiger partial charge in [-0.3, -0.25) is 4.79 Å². The molecule has 1 aliphatic carbocycles. The molecule has 2 aromatic carbocycles. The van der Waals surface area contributed by atoms with Crippen molar-refractivity contribution in [2.75, 3.05) is 17.2 Å². The van der Waals surface area contributed by atoms with Crippen LogP contribution in [-0.4, -0.2) is 22.4 Å². The molecule has 0 aliphatic heterocycles. The SMILES string of the molecule is CCOc1ccc(Nc2nc3c(c(Nc4ccc(C)cc4C)n2)C(=O)CC(C)C3)cc1. The van der Waals surface area contributed by atoms with Gasteiger partial charge in [0.15, 0.2) is 5.78 Å². The first kappa shape index (κ1) is 20.8. The molecule has 6 heteroatoms. The lowest BCUT2D eigenvalue weighted by molar-refractivity contribution is 0.0952. The zero-order valence-corrected chi connectivity index (χ0v) is 18.5. The van der Waals surface area contributed by atoms with E-state index in [-0.39, 0.29) is 11.7 Å². The molecule has 1 heterocycles. The van der Waals surface area contributed by atoms with Crippen LogP contribution in [0.4, 0.5) is 23.1 Å². The molecule has 1 unspecified atom stereocenters. The largest absolute Gasteiger partial charge is 0.494 e. The van der Waals surface area contributed by atoms with Crippen molar-refractivity contribution in [1.29, 1.82) is 0 Å². The standard InChI is InChI=1S/C25H28N4O2/c1-5-31-19-9-7-18(8-10-19)26-25-28-21-13-16(3)14-22(30)23(21)24(29-25)27-20-11-6-15(2)12-17(20)4/h6-12,16H,5,13-14H2,1-4H3,(H2,26,27,28,29). The number of fused-ring (bicyclic) bond motifs is 1. The van der Waals surface area contributed by atoms with E-state index in [4.69, 9.17) is 9.72 Å². The highest BCUT2D eigenvalue weighted by Gasteiger charge is 2.28. The Morgan fingerprint density at radius 3 is 2.52 bits per heavy atom. The van der Waals surface area contributed by atoms with E-state index in [1.165, 1.54) is 5.56 Å². The number of Topliss-reactive ketones (excluding diaryl/α,β-unsaturated/α-hetero) is 1. The van der Waals surface area contributed by atoms with Crippen LogP contribution in [0.15, 0.2) is 42.5 Å². The summed E-state index contributed by atoms with van der Waals surface area (Å²) >= 11 is 0. The van der Waals surface area contributed by atoms with Crippen LogP contribution in [0.3, 0.4) is 0 Å². The number of aromatic nitrogens is 2. The van der Waals surface area contributed by atoms with Crippen molar-refractivity contribution < 1.29 is 9.53 Å². The number of aryl methyl sites for hydroxylation is 2. The molecule has 1 atom stereocenters. The van der Waals surface area contributed by atoms with Crippen molar-refractivity contribution in [3.63, 3.8) is 0 Å². The summed E-state index contributed by atoms with van der Waals surface area (Å²) in [7, 11) is 0. The van der Waals surface area contributed by atoms with Crippen molar-refractivity contribution in [3.8, 4) is 5.75 Å². The van der Waals surface area contributed by atoms with Gasteiger partial charge in [0.2, 0.25) is 5.95 Å². The molecule has 4 rings (SSSR count). The Labute approximate surface area is 183 Å². The molecule has 6 nitrogen and oxygen atoms in total. The first-order valence-electron chi connectivity index (χ1n) is 10.7. The van der Waals surface area contributed by atoms with Gasteiger partial charge in [-0.05, 0) is 69.0 Å². The van der Waals surface area contributed by atoms with Crippen LogP contribution in [-0.2, 0) is 6.42 Å². The fourth-order valence-corrected chi connectivity index (χ4v) is 3.93. The average molecular weight is 417 g/mol. The van der Waals surface area contributed by atoms with Gasteiger partial charge in [-0.15, -0.1) is 0 Å². The third-order valence-corrected chi connectivity index (χ3v) is 5.39. The smallest absolute Gasteiger partial charge is 0.229 e. The van der Waals surface area contributed by atoms with E-state index < -0.39 is 0 Å². The molecule has 0 radical (unpaired) electrons. The van der Waals surface area contributed by atoms with E-state index in [1.807, 2.05) is 50.2 Å². The maximum absolute atomic E-state index is 12.9. The zero-order valence-electron chi connectivity index (χ0n) is 18.5. The van der Waals surface area contributed by atoms with Crippen molar-refractivity contribution in [3.05, 3.63) is 64.8 Å². The Hall–Kier alpha value is -3.41. The van der Waals surface area contributed by atoms with Gasteiger partial charge in [-0.2, -0.15) is 4.98 Å². The lowest BCUT2D eigenvalue weighted by Gasteiger charge is -2.23. The molecule has 0 saturated heterocycles. The number of nitrogens with zero attached hydrogens (tertiary/aromatic N) is 2. The lowest BCUT2D eigenvalue weighted by atomic mass is 9.87. The predicted molar refractivity (Wildman–Crippen MR) is 124 cm³/mol. The molecule has 0 spiro atoms. The number of carbonyl (C=O) groups is 1. The number of ketones is 1. The van der Waals surface area contributed by atoms with E-state index in [1.54, 1.807) is 0 Å². The molecule has 1 aromatic heterocycles. The average Bonchev–Trinajstić information content (AvgIpc) is 2.71. The van der Waals surface area contributed by atoms with Gasteiger partial charge in [0.1, 0.15) is 11.6 Å². The highest BCUT2D eigenvalue weighted by Crippen LogP contribution is 2.32. The number of benzene rings is 2. The Morgan fingerprint density at radius 2 is 1.81 bits per heavy atom. The molecule has 160 valence electrons. The first-order valence-corrected chi connectivity index (χ1v) is 10.7. The summed E-state index contributed by atoms with van der Waals surface area (Å²) < 4.78 is 5.51. The van der Waals surface area contributed by atoms with E-state index >= 15 is 0 Å². The summed E-state index contributed by atoms with van der Waals surface area (Å²) in [5.41, 5.74) is 5.48. The minimum absolute atomic E-state index is 0.0913. The normalized spacial score (nSPS) is 15.4. The molecule has 0 fully saturated rings. The topological polar surface area (TPSA) is 76.1 Å². The minimum Gasteiger partial charge on any atom is -0.494 e. The Balaban J connectivity index is 1.70. The number of nitrogens with one attached hydrogen (secondary N) is 2. The quantitative estimate of drug-likeness (QED) is 0.533. The van der Waals surface area contributed by atoms with Crippen LogP contribution in [0.25, 0.3) is 0 Å². The van der Waals surface area contributed by atoms with Crippen molar-refractivity contribution in [1.82, 2.24) is 9.97 Å². The highest BCUT2D eigenvalue weighted by atomic mass is 16.5. The van der Waals surface area contributed by atoms with Gasteiger partial charge in [-0.1, -0.05) is 24.6 Å². The van der Waals surface area contributed by atoms with Crippen LogP contribution in [0.5, 0.6) is 5.75 Å². The van der Waals surface area contributed by atoms with Crippen molar-refractivity contribution in [2.45, 2.75) is 40.5 Å². The maximum Gasteiger partial charge on any atom is 0.229 e. The lowest BCUT2D eigenvalue weighted by Crippen LogP contribution is -2.22. The van der Waals surface area contributed by atoms with Gasteiger partial charge in [0.25, 0.3) is 0 Å². The van der Waals surface area contributed by atoms with Crippen LogP contribution in [0, 0.1) is 19.8 Å². The van der Waals surface area contributed by atoms with E-state index in [9.17, 15) is 4.79 Å². The molecule has 0 bridgehead atoms. The molecule has 31 heavy (non-hydrogen) atoms. The summed E-state index contributed by atoms with van der Waals surface area (Å²) in [6.45, 7) is 8.78. The highest BCUT2D eigenvalue weighted by molar-refractivity contribution is 6.03. The minimum atomic E-state index is 0.0913. The number of ether oxygens (including phenoxy) is 1. The molecule has 1 aliphatic rings. The molecular formula is C25H28N4O2. The van der Waals surface area contributed by atoms with Crippen LogP contribution < -0.4 is 15.4 Å². The number of carbonyl (C=O) groups excluding carboxylic acids is 1. The number of rotatable bonds is 6. The van der Waals surface area contributed by atoms with Crippen molar-refractivity contribution >= 4 is 28.9 Å². The summed E-state index contributed by atoms with van der Waals surface area (Å²) in [6.07, 6.45) is 1.27. The number of hydrogen-bond acceptors (Lipinski definition) is 6. The van der Waals surface area contributed by atoms with Crippen LogP contribution in [0.2, 0.25) is 0 Å². The van der Waals surface area contributed by atoms with Crippen molar-refractivity contribution in [2.24, 2.45) is 5.92 Å². The molecular weight excluding hydrogens is 388 g/mol. The first-order chi connectivity index (χ1) is 14.9. The fraction of sp³-hybridized carbons (Fsp3) is 0.320. The van der Waals surface area contributed by atoms with Crippen LogP contribution >= 0.6 is 0 Å². The van der Waals surface area contributed by atoms with Gasteiger partial charge >= 0.3 is 0 Å². The summed E-state index contributed by atoms with van der Waals surface area (Å²) in [5, 5.41) is 6.67. The van der Waals surface area contributed by atoms with E-state index in [0.717, 1.165) is 34.8 Å². The summed E-state index contributed by atoms with van der Waals surface area (Å²) in [6, 6.07) is 13.9. The van der Waals surface area contributed by atoms with E-state index in [2.05, 4.69) is 35.5 Å². The number of anilines is 4.